The van der Waals surface area contributed by atoms with Crippen LogP contribution < -0.4 is 0 Å². The lowest BCUT2D eigenvalue weighted by atomic mass is 10.2. The molecule has 86 valence electrons. The predicted octanol–water partition coefficient (Wildman–Crippen LogP) is 2.52. The minimum absolute atomic E-state index is 0.0390. The monoisotopic (exact) mass is 247 g/mol. The Kier molecular flexibility index (Phi) is 2.63. The van der Waals surface area contributed by atoms with Gasteiger partial charge >= 0.3 is 0 Å². The molecule has 3 rings (SSSR count). The summed E-state index contributed by atoms with van der Waals surface area (Å²) in [6.07, 6.45) is 1.93. The van der Waals surface area contributed by atoms with Crippen LogP contribution in [-0.2, 0) is 4.74 Å². The summed E-state index contributed by atoms with van der Waals surface area (Å²) in [5, 5.41) is 12.7. The van der Waals surface area contributed by atoms with Crippen molar-refractivity contribution in [2.24, 2.45) is 0 Å². The highest BCUT2D eigenvalue weighted by atomic mass is 32.1. The van der Waals surface area contributed by atoms with E-state index in [9.17, 15) is 0 Å². The van der Waals surface area contributed by atoms with Crippen molar-refractivity contribution in [3.05, 3.63) is 22.8 Å². The third-order valence-corrected chi connectivity index (χ3v) is 3.56. The normalized spacial score (nSPS) is 19.4. The number of nitriles is 1. The molecular weight excluding hydrogens is 238 g/mol. The van der Waals surface area contributed by atoms with Crippen LogP contribution in [0.4, 0.5) is 0 Å². The molecule has 0 aromatic carbocycles. The van der Waals surface area contributed by atoms with Crippen LogP contribution in [0.1, 0.15) is 29.6 Å². The number of thiophene rings is 1. The van der Waals surface area contributed by atoms with Gasteiger partial charge in [-0.05, 0) is 25.0 Å². The maximum Gasteiger partial charge on any atom is 0.268 e. The van der Waals surface area contributed by atoms with Gasteiger partial charge in [0.25, 0.3) is 5.89 Å². The molecule has 1 atom stereocenters. The molecule has 0 saturated carbocycles. The molecule has 0 N–H and O–H groups in total. The van der Waals surface area contributed by atoms with Crippen molar-refractivity contribution in [2.45, 2.75) is 18.9 Å². The van der Waals surface area contributed by atoms with Gasteiger partial charge in [-0.3, -0.25) is 0 Å². The van der Waals surface area contributed by atoms with Crippen molar-refractivity contribution in [3.63, 3.8) is 0 Å². The number of ether oxygens (including phenoxy) is 1. The number of hydrogen-bond acceptors (Lipinski definition) is 6. The number of hydrogen-bond donors (Lipinski definition) is 0. The minimum atomic E-state index is -0.0390. The van der Waals surface area contributed by atoms with E-state index in [-0.39, 0.29) is 6.10 Å². The van der Waals surface area contributed by atoms with Crippen LogP contribution >= 0.6 is 11.3 Å². The standard InChI is InChI=1S/C11H9N3O2S/c12-6-7-3-4-9(17-7)11-13-10(14-16-11)8-2-1-5-15-8/h3-4,8H,1-2,5H2. The summed E-state index contributed by atoms with van der Waals surface area (Å²) in [6, 6.07) is 5.64. The molecule has 1 fully saturated rings. The molecule has 1 unspecified atom stereocenters. The van der Waals surface area contributed by atoms with E-state index in [0.29, 0.717) is 16.6 Å². The van der Waals surface area contributed by atoms with Crippen molar-refractivity contribution in [1.82, 2.24) is 10.1 Å². The Labute approximate surface area is 102 Å². The Morgan fingerprint density at radius 1 is 1.47 bits per heavy atom. The molecule has 2 aromatic heterocycles. The van der Waals surface area contributed by atoms with Crippen molar-refractivity contribution >= 4 is 11.3 Å². The molecule has 3 heterocycles. The fourth-order valence-electron chi connectivity index (χ4n) is 1.76. The molecule has 1 aliphatic heterocycles. The predicted molar refractivity (Wildman–Crippen MR) is 60.3 cm³/mol. The molecule has 0 aliphatic carbocycles. The van der Waals surface area contributed by atoms with Gasteiger partial charge in [0.1, 0.15) is 17.1 Å². The average molecular weight is 247 g/mol. The zero-order valence-corrected chi connectivity index (χ0v) is 9.74. The van der Waals surface area contributed by atoms with Crippen LogP contribution in [0.15, 0.2) is 16.7 Å². The van der Waals surface area contributed by atoms with Gasteiger partial charge in [-0.2, -0.15) is 10.2 Å². The second-order valence-electron chi connectivity index (χ2n) is 3.74. The van der Waals surface area contributed by atoms with E-state index in [2.05, 4.69) is 16.2 Å². The molecule has 17 heavy (non-hydrogen) atoms. The first-order valence-corrected chi connectivity index (χ1v) is 6.14. The Balaban J connectivity index is 1.86. The molecule has 0 radical (unpaired) electrons. The maximum atomic E-state index is 8.75. The molecule has 0 bridgehead atoms. The Hall–Kier alpha value is -1.71. The van der Waals surface area contributed by atoms with Crippen molar-refractivity contribution in [3.8, 4) is 16.8 Å². The maximum absolute atomic E-state index is 8.75. The van der Waals surface area contributed by atoms with Gasteiger partial charge in [0, 0.05) is 6.61 Å². The van der Waals surface area contributed by atoms with Crippen LogP contribution in [0.3, 0.4) is 0 Å². The lowest BCUT2D eigenvalue weighted by Gasteiger charge is -2.00. The van der Waals surface area contributed by atoms with Crippen LogP contribution in [0, 0.1) is 11.3 Å². The summed E-state index contributed by atoms with van der Waals surface area (Å²) in [5.74, 6) is 1.06. The average Bonchev–Trinajstić information content (AvgIpc) is 3.09. The van der Waals surface area contributed by atoms with Gasteiger partial charge < -0.3 is 9.26 Å². The molecule has 0 amide bonds. The summed E-state index contributed by atoms with van der Waals surface area (Å²) in [4.78, 5) is 5.76. The second-order valence-corrected chi connectivity index (χ2v) is 4.82. The van der Waals surface area contributed by atoms with Gasteiger partial charge in [0.2, 0.25) is 5.82 Å². The summed E-state index contributed by atoms with van der Waals surface area (Å²) in [7, 11) is 0. The lowest BCUT2D eigenvalue weighted by molar-refractivity contribution is 0.103. The molecule has 1 saturated heterocycles. The molecule has 0 spiro atoms. The summed E-state index contributed by atoms with van der Waals surface area (Å²) >= 11 is 1.34. The van der Waals surface area contributed by atoms with E-state index in [1.807, 2.05) is 6.07 Å². The zero-order chi connectivity index (χ0) is 11.7. The molecule has 2 aromatic rings. The van der Waals surface area contributed by atoms with E-state index in [1.165, 1.54) is 11.3 Å². The summed E-state index contributed by atoms with van der Waals surface area (Å²) in [5.41, 5.74) is 0. The smallest absolute Gasteiger partial charge is 0.268 e. The molecule has 1 aliphatic rings. The summed E-state index contributed by atoms with van der Waals surface area (Å²) in [6.45, 7) is 0.756. The van der Waals surface area contributed by atoms with Gasteiger partial charge in [-0.1, -0.05) is 5.16 Å². The first-order valence-electron chi connectivity index (χ1n) is 5.32. The second kappa shape index (κ2) is 4.28. The van der Waals surface area contributed by atoms with Gasteiger partial charge in [0.05, 0.1) is 4.88 Å². The van der Waals surface area contributed by atoms with Crippen molar-refractivity contribution in [2.75, 3.05) is 6.61 Å². The topological polar surface area (TPSA) is 71.9 Å². The van der Waals surface area contributed by atoms with Crippen LogP contribution in [-0.4, -0.2) is 16.7 Å². The summed E-state index contributed by atoms with van der Waals surface area (Å²) < 4.78 is 10.7. The highest BCUT2D eigenvalue weighted by Crippen LogP contribution is 2.30. The fraction of sp³-hybridized carbons (Fsp3) is 0.364. The highest BCUT2D eigenvalue weighted by molar-refractivity contribution is 7.15. The van der Waals surface area contributed by atoms with E-state index in [4.69, 9.17) is 14.5 Å². The fourth-order valence-corrected chi connectivity index (χ4v) is 2.48. The first-order chi connectivity index (χ1) is 8.36. The van der Waals surface area contributed by atoms with E-state index < -0.39 is 0 Å². The lowest BCUT2D eigenvalue weighted by Crippen LogP contribution is -1.97. The van der Waals surface area contributed by atoms with Gasteiger partial charge in [-0.15, -0.1) is 11.3 Å². The molecule has 5 nitrogen and oxygen atoms in total. The Morgan fingerprint density at radius 2 is 2.41 bits per heavy atom. The minimum Gasteiger partial charge on any atom is -0.370 e. The SMILES string of the molecule is N#Cc1ccc(-c2nc(C3CCCO3)no2)s1. The van der Waals surface area contributed by atoms with Crippen molar-refractivity contribution in [1.29, 1.82) is 5.26 Å². The largest absolute Gasteiger partial charge is 0.370 e. The Bertz CT molecular complexity index is 563. The van der Waals surface area contributed by atoms with Crippen LogP contribution in [0.2, 0.25) is 0 Å². The van der Waals surface area contributed by atoms with E-state index in [0.717, 1.165) is 24.3 Å². The van der Waals surface area contributed by atoms with Gasteiger partial charge in [0.15, 0.2) is 0 Å². The van der Waals surface area contributed by atoms with E-state index >= 15 is 0 Å². The first kappa shape index (κ1) is 10.4. The molecule has 6 heteroatoms. The zero-order valence-electron chi connectivity index (χ0n) is 8.92. The number of nitrogens with zero attached hydrogens (tertiary/aromatic N) is 3. The van der Waals surface area contributed by atoms with Crippen LogP contribution in [0.25, 0.3) is 10.8 Å². The highest BCUT2D eigenvalue weighted by Gasteiger charge is 2.23. The third-order valence-electron chi connectivity index (χ3n) is 2.59. The quantitative estimate of drug-likeness (QED) is 0.815. The van der Waals surface area contributed by atoms with Crippen molar-refractivity contribution < 1.29 is 9.26 Å². The third kappa shape index (κ3) is 1.95. The molecular formula is C11H9N3O2S. The van der Waals surface area contributed by atoms with Crippen LogP contribution in [0.5, 0.6) is 0 Å². The number of aromatic nitrogens is 2. The number of rotatable bonds is 2. The van der Waals surface area contributed by atoms with Gasteiger partial charge in [-0.25, -0.2) is 0 Å². The van der Waals surface area contributed by atoms with E-state index in [1.54, 1.807) is 6.07 Å². The Morgan fingerprint density at radius 3 is 3.12 bits per heavy atom.